The summed E-state index contributed by atoms with van der Waals surface area (Å²) < 4.78 is 94.8. The molecule has 1 aliphatic heterocycles. The van der Waals surface area contributed by atoms with Gasteiger partial charge in [0.25, 0.3) is 5.91 Å². The molecule has 10 nitrogen and oxygen atoms in total. The van der Waals surface area contributed by atoms with Crippen molar-refractivity contribution in [3.63, 3.8) is 0 Å². The summed E-state index contributed by atoms with van der Waals surface area (Å²) in [6.45, 7) is 0.522. The zero-order chi connectivity index (χ0) is 33.0. The van der Waals surface area contributed by atoms with Gasteiger partial charge in [0.05, 0.1) is 47.1 Å². The van der Waals surface area contributed by atoms with E-state index in [0.29, 0.717) is 11.1 Å². The van der Waals surface area contributed by atoms with E-state index in [9.17, 15) is 40.3 Å². The van der Waals surface area contributed by atoms with Gasteiger partial charge in [-0.25, -0.2) is 18.4 Å². The fraction of sp³-hybridized carbons (Fsp3) is 0.379. The molecule has 1 saturated heterocycles. The van der Waals surface area contributed by atoms with Gasteiger partial charge in [0.2, 0.25) is 5.95 Å². The second-order valence-electron chi connectivity index (χ2n) is 10.3. The van der Waals surface area contributed by atoms with Crippen molar-refractivity contribution in [1.29, 1.82) is 5.26 Å². The molecule has 3 atom stereocenters. The minimum atomic E-state index is -4.53. The molecule has 45 heavy (non-hydrogen) atoms. The second kappa shape index (κ2) is 13.4. The number of ether oxygens (including phenoxy) is 1. The average Bonchev–Trinajstić information content (AvgIpc) is 3.47. The Bertz CT molecular complexity index is 1630. The summed E-state index contributed by atoms with van der Waals surface area (Å²) in [6.07, 6.45) is -6.06. The minimum Gasteiger partial charge on any atom is -0.394 e. The third kappa shape index (κ3) is 8.10. The van der Waals surface area contributed by atoms with Crippen LogP contribution in [-0.2, 0) is 20.8 Å². The Morgan fingerprint density at radius 1 is 1.11 bits per heavy atom. The van der Waals surface area contributed by atoms with Crippen LogP contribution in [0.1, 0.15) is 52.4 Å². The monoisotopic (exact) mass is 653 g/mol. The number of benzene rings is 2. The summed E-state index contributed by atoms with van der Waals surface area (Å²) in [5.74, 6) is -1.13. The quantitative estimate of drug-likeness (QED) is 0.290. The van der Waals surface area contributed by atoms with Crippen LogP contribution >= 0.6 is 0 Å². The Morgan fingerprint density at radius 2 is 1.73 bits per heavy atom. The summed E-state index contributed by atoms with van der Waals surface area (Å²) in [7, 11) is -3.44. The van der Waals surface area contributed by atoms with E-state index in [4.69, 9.17) is 5.26 Å². The number of amides is 1. The van der Waals surface area contributed by atoms with Gasteiger partial charge in [0.15, 0.2) is 15.9 Å². The molecule has 0 spiro atoms. The summed E-state index contributed by atoms with van der Waals surface area (Å²) in [5, 5.41) is 21.1. The number of rotatable bonds is 11. The van der Waals surface area contributed by atoms with E-state index in [1.54, 1.807) is 0 Å². The van der Waals surface area contributed by atoms with Crippen molar-refractivity contribution in [2.45, 2.75) is 48.5 Å². The minimum absolute atomic E-state index is 0.00955. The summed E-state index contributed by atoms with van der Waals surface area (Å²) in [4.78, 5) is 22.9. The fourth-order valence-corrected chi connectivity index (χ4v) is 5.76. The van der Waals surface area contributed by atoms with Crippen molar-refractivity contribution in [1.82, 2.24) is 15.3 Å². The molecule has 2 aromatic carbocycles. The Hall–Kier alpha value is -4.20. The molecule has 0 saturated carbocycles. The van der Waals surface area contributed by atoms with E-state index in [2.05, 4.69) is 20.0 Å². The number of nitriles is 1. The molecule has 1 unspecified atom stereocenters. The van der Waals surface area contributed by atoms with Gasteiger partial charge < -0.3 is 20.1 Å². The Morgan fingerprint density at radius 3 is 2.27 bits per heavy atom. The molecule has 1 aromatic heterocycles. The van der Waals surface area contributed by atoms with Crippen LogP contribution in [0.5, 0.6) is 0 Å². The zero-order valence-electron chi connectivity index (χ0n) is 23.7. The molecule has 16 heteroatoms. The summed E-state index contributed by atoms with van der Waals surface area (Å²) in [6, 6.07) is 9.25. The number of alkyl halides is 5. The Balaban J connectivity index is 1.50. The number of carbonyl (C=O) groups is 1. The lowest BCUT2D eigenvalue weighted by molar-refractivity contribution is -0.195. The lowest BCUT2D eigenvalue weighted by Gasteiger charge is -2.25. The van der Waals surface area contributed by atoms with Gasteiger partial charge >= 0.3 is 12.3 Å². The topological polar surface area (TPSA) is 146 Å². The highest BCUT2D eigenvalue weighted by Gasteiger charge is 2.39. The van der Waals surface area contributed by atoms with Crippen molar-refractivity contribution in [3.8, 4) is 6.07 Å². The number of nitrogens with one attached hydrogen (secondary N) is 1. The smallest absolute Gasteiger partial charge is 0.394 e. The predicted octanol–water partition coefficient (Wildman–Crippen LogP) is 4.25. The molecule has 1 amide bonds. The van der Waals surface area contributed by atoms with Crippen LogP contribution in [0, 0.1) is 11.3 Å². The molecule has 0 aliphatic carbocycles. The maximum absolute atomic E-state index is 13.6. The van der Waals surface area contributed by atoms with Gasteiger partial charge in [0, 0.05) is 24.9 Å². The van der Waals surface area contributed by atoms with Crippen molar-refractivity contribution < 1.29 is 45.0 Å². The summed E-state index contributed by atoms with van der Waals surface area (Å²) in [5.41, 5.74) is 0.122. The highest BCUT2D eigenvalue weighted by Crippen LogP contribution is 2.36. The maximum Gasteiger partial charge on any atom is 0.448 e. The van der Waals surface area contributed by atoms with Crippen LogP contribution in [-0.4, -0.2) is 67.1 Å². The van der Waals surface area contributed by atoms with Crippen LogP contribution < -0.4 is 10.2 Å². The first-order valence-corrected chi connectivity index (χ1v) is 15.3. The zero-order valence-corrected chi connectivity index (χ0v) is 24.5. The van der Waals surface area contributed by atoms with Crippen LogP contribution in [0.15, 0.2) is 65.8 Å². The predicted molar refractivity (Wildman–Crippen MR) is 150 cm³/mol. The van der Waals surface area contributed by atoms with E-state index in [0.717, 1.165) is 18.2 Å². The molecule has 1 fully saturated rings. The largest absolute Gasteiger partial charge is 0.448 e. The lowest BCUT2D eigenvalue weighted by atomic mass is 9.95. The van der Waals surface area contributed by atoms with Crippen LogP contribution in [0.4, 0.5) is 27.9 Å². The molecule has 240 valence electrons. The van der Waals surface area contributed by atoms with Crippen LogP contribution in [0.25, 0.3) is 0 Å². The van der Waals surface area contributed by atoms with Crippen LogP contribution in [0.3, 0.4) is 0 Å². The van der Waals surface area contributed by atoms with E-state index in [1.165, 1.54) is 60.6 Å². The van der Waals surface area contributed by atoms with E-state index >= 15 is 0 Å². The first-order chi connectivity index (χ1) is 21.2. The van der Waals surface area contributed by atoms with E-state index < -0.39 is 64.8 Å². The maximum atomic E-state index is 13.6. The van der Waals surface area contributed by atoms with Crippen molar-refractivity contribution in [2.24, 2.45) is 0 Å². The van der Waals surface area contributed by atoms with Gasteiger partial charge in [-0.15, -0.1) is 0 Å². The second-order valence-corrected chi connectivity index (χ2v) is 12.5. The Labute approximate surface area is 255 Å². The van der Waals surface area contributed by atoms with E-state index in [1.807, 2.05) is 0 Å². The number of sulfone groups is 1. The SMILES string of the molecule is CCS(=O)(=O)c1ccc([C@H](CO)NC(=O)c2cnc(N3CC(c4ccc(C(F)(F)F)cc4)C[C@H]3COC(F)(F)C#N)nc2)cc1. The number of aliphatic hydroxyl groups is 1. The fourth-order valence-electron chi connectivity index (χ4n) is 4.88. The number of aliphatic hydroxyl groups excluding tert-OH is 1. The molecule has 4 rings (SSSR count). The molecular formula is C29H28F5N5O5S. The third-order valence-electron chi connectivity index (χ3n) is 7.38. The van der Waals surface area contributed by atoms with Gasteiger partial charge in [-0.1, -0.05) is 31.2 Å². The number of carbonyl (C=O) groups excluding carboxylic acids is 1. The molecule has 0 radical (unpaired) electrons. The molecule has 0 bridgehead atoms. The lowest BCUT2D eigenvalue weighted by Crippen LogP contribution is -2.37. The molecule has 2 heterocycles. The molecular weight excluding hydrogens is 625 g/mol. The number of anilines is 1. The van der Waals surface area contributed by atoms with Gasteiger partial charge in [0.1, 0.15) is 0 Å². The Kier molecular flexibility index (Phi) is 10.1. The highest BCUT2D eigenvalue weighted by atomic mass is 32.2. The van der Waals surface area contributed by atoms with Crippen LogP contribution in [0.2, 0.25) is 0 Å². The van der Waals surface area contributed by atoms with Crippen molar-refractivity contribution >= 4 is 21.7 Å². The van der Waals surface area contributed by atoms with Gasteiger partial charge in [-0.2, -0.15) is 27.2 Å². The number of hydrogen-bond acceptors (Lipinski definition) is 9. The van der Waals surface area contributed by atoms with Gasteiger partial charge in [-0.05, 0) is 41.8 Å². The normalized spacial score (nSPS) is 18.0. The third-order valence-corrected chi connectivity index (χ3v) is 9.13. The summed E-state index contributed by atoms with van der Waals surface area (Å²) >= 11 is 0. The standard InChI is InChI=1S/C29H28F5N5O5S/c1-2-45(42,43)24-9-5-19(6-10-24)25(15-40)38-26(41)21-12-36-27(37-13-21)39-14-20(11-23(39)16-44-28(30,31)17-35)18-3-7-22(8-4-18)29(32,33)34/h3-10,12-13,20,23,25,40H,2,11,14-16H2,1H3,(H,38,41)/t20?,23-,25-/m0/s1. The van der Waals surface area contributed by atoms with Crippen molar-refractivity contribution in [3.05, 3.63) is 83.2 Å². The molecule has 2 N–H and O–H groups in total. The number of hydrogen-bond donors (Lipinski definition) is 2. The highest BCUT2D eigenvalue weighted by molar-refractivity contribution is 7.91. The molecule has 1 aliphatic rings. The average molecular weight is 654 g/mol. The first-order valence-electron chi connectivity index (χ1n) is 13.6. The first kappa shape index (κ1) is 33.7. The molecule has 3 aromatic rings. The number of aromatic nitrogens is 2. The number of nitrogens with zero attached hydrogens (tertiary/aromatic N) is 4. The van der Waals surface area contributed by atoms with Gasteiger partial charge in [-0.3, -0.25) is 4.79 Å². The van der Waals surface area contributed by atoms with E-state index in [-0.39, 0.29) is 35.1 Å². The van der Waals surface area contributed by atoms with Crippen molar-refractivity contribution in [2.75, 3.05) is 30.4 Å². The number of halogens is 5.